The molecule has 0 aliphatic heterocycles. The lowest BCUT2D eigenvalue weighted by molar-refractivity contribution is -0.176. The van der Waals surface area contributed by atoms with E-state index in [2.05, 4.69) is 19.4 Å². The number of hydrogen-bond donors (Lipinski definition) is 0. The fourth-order valence-corrected chi connectivity index (χ4v) is 1.38. The van der Waals surface area contributed by atoms with Crippen LogP contribution in [0.3, 0.4) is 0 Å². The molecule has 0 unspecified atom stereocenters. The average Bonchev–Trinajstić information content (AvgIpc) is 2.28. The summed E-state index contributed by atoms with van der Waals surface area (Å²) >= 11 is 5.48. The summed E-state index contributed by atoms with van der Waals surface area (Å²) in [5, 5.41) is -0.455. The summed E-state index contributed by atoms with van der Waals surface area (Å²) in [6.45, 7) is -2.43. The smallest absolute Gasteiger partial charge is 0.422 e. The maximum atomic E-state index is 12.1. The molecule has 1 heterocycles. The molecule has 1 rings (SSSR count). The Hall–Kier alpha value is -1.29. The van der Waals surface area contributed by atoms with E-state index in [0.29, 0.717) is 0 Å². The highest BCUT2D eigenvalue weighted by Gasteiger charge is 2.30. The van der Waals surface area contributed by atoms with Gasteiger partial charge in [0.2, 0.25) is 11.2 Å². The maximum Gasteiger partial charge on any atom is 0.422 e. The largest absolute Gasteiger partial charge is 0.468 e. The molecule has 0 aliphatic rings. The number of hydrogen-bond acceptors (Lipinski definition) is 4. The summed E-state index contributed by atoms with van der Waals surface area (Å²) in [5.74, 6) is -0.460. The number of alkyl halides is 6. The van der Waals surface area contributed by atoms with E-state index in [1.54, 1.807) is 0 Å². The first kappa shape index (κ1) is 17.8. The molecule has 0 bridgehead atoms. The van der Waals surface area contributed by atoms with Gasteiger partial charge in [-0.1, -0.05) is 0 Å². The van der Waals surface area contributed by atoms with Gasteiger partial charge in [0.25, 0.3) is 0 Å². The van der Waals surface area contributed by atoms with Crippen LogP contribution in [-0.4, -0.2) is 35.5 Å². The maximum absolute atomic E-state index is 12.1. The third-order valence-electron chi connectivity index (χ3n) is 2.05. The lowest BCUT2D eigenvalue weighted by Crippen LogP contribution is -2.21. The van der Waals surface area contributed by atoms with Crippen molar-refractivity contribution in [3.63, 3.8) is 0 Å². The Kier molecular flexibility index (Phi) is 5.62. The normalized spacial score (nSPS) is 12.6. The second-order valence-electron chi connectivity index (χ2n) is 3.88. The fourth-order valence-electron chi connectivity index (χ4n) is 1.21. The molecule has 0 radical (unpaired) electrons. The molecule has 0 atom stereocenters. The number of halogens is 7. The molecular formula is C10H9ClF6N2O2. The first-order valence-corrected chi connectivity index (χ1v) is 5.73. The van der Waals surface area contributed by atoms with Crippen molar-refractivity contribution in [3.8, 4) is 5.88 Å². The molecule has 0 N–H and O–H groups in total. The zero-order valence-corrected chi connectivity index (χ0v) is 11.2. The predicted octanol–water partition coefficient (Wildman–Crippen LogP) is 3.46. The predicted molar refractivity (Wildman–Crippen MR) is 59.0 cm³/mol. The van der Waals surface area contributed by atoms with Gasteiger partial charge >= 0.3 is 12.4 Å². The molecular weight excluding hydrogens is 330 g/mol. The third-order valence-corrected chi connectivity index (χ3v) is 2.22. The van der Waals surface area contributed by atoms with Crippen LogP contribution in [0.25, 0.3) is 0 Å². The van der Waals surface area contributed by atoms with E-state index in [1.807, 2.05) is 0 Å². The van der Waals surface area contributed by atoms with E-state index < -0.39 is 43.3 Å². The molecule has 0 fully saturated rings. The summed E-state index contributed by atoms with van der Waals surface area (Å²) in [6.07, 6.45) is -9.11. The number of ether oxygens (including phenoxy) is 2. The fraction of sp³-hybridized carbons (Fsp3) is 0.600. The standard InChI is InChI=1S/C10H9ClF6N2O2/c1-5-6(2-20-3-9(12,13)14)18-8(11)19-7(5)21-4-10(15,16)17/h2-4H2,1H3. The molecule has 4 nitrogen and oxygen atoms in total. The molecule has 0 saturated heterocycles. The lowest BCUT2D eigenvalue weighted by Gasteiger charge is -2.13. The molecule has 0 aliphatic carbocycles. The Morgan fingerprint density at radius 3 is 2.10 bits per heavy atom. The van der Waals surface area contributed by atoms with E-state index in [-0.39, 0.29) is 11.3 Å². The Labute approximate surface area is 120 Å². The van der Waals surface area contributed by atoms with Gasteiger partial charge in [-0.25, -0.2) is 4.98 Å². The van der Waals surface area contributed by atoms with Crippen LogP contribution in [0.15, 0.2) is 0 Å². The minimum atomic E-state index is -4.59. The van der Waals surface area contributed by atoms with E-state index >= 15 is 0 Å². The van der Waals surface area contributed by atoms with Gasteiger partial charge in [-0.2, -0.15) is 31.3 Å². The van der Waals surface area contributed by atoms with Crippen molar-refractivity contribution in [1.82, 2.24) is 9.97 Å². The SMILES string of the molecule is Cc1c(COCC(F)(F)F)nc(Cl)nc1OCC(F)(F)F. The second kappa shape index (κ2) is 6.65. The van der Waals surface area contributed by atoms with Crippen LogP contribution in [0, 0.1) is 6.92 Å². The molecule has 1 aromatic rings. The van der Waals surface area contributed by atoms with Gasteiger partial charge in [-0.3, -0.25) is 0 Å². The first-order chi connectivity index (χ1) is 9.48. The molecule has 21 heavy (non-hydrogen) atoms. The topological polar surface area (TPSA) is 44.2 Å². The lowest BCUT2D eigenvalue weighted by atomic mass is 10.2. The Balaban J connectivity index is 2.79. The summed E-state index contributed by atoms with van der Waals surface area (Å²) in [6, 6.07) is 0. The van der Waals surface area contributed by atoms with Crippen molar-refractivity contribution < 1.29 is 35.8 Å². The average molecular weight is 339 g/mol. The summed E-state index contributed by atoms with van der Waals surface area (Å²) in [5.41, 5.74) is -0.0674. The van der Waals surface area contributed by atoms with Gasteiger partial charge in [0, 0.05) is 5.56 Å². The Morgan fingerprint density at radius 1 is 1.00 bits per heavy atom. The van der Waals surface area contributed by atoms with Crippen molar-refractivity contribution >= 4 is 11.6 Å². The van der Waals surface area contributed by atoms with Crippen molar-refractivity contribution in [1.29, 1.82) is 0 Å². The third kappa shape index (κ3) is 6.80. The van der Waals surface area contributed by atoms with Crippen LogP contribution in [0.4, 0.5) is 26.3 Å². The molecule has 0 saturated carbocycles. The van der Waals surface area contributed by atoms with Crippen LogP contribution in [-0.2, 0) is 11.3 Å². The van der Waals surface area contributed by atoms with Gasteiger partial charge in [0.1, 0.15) is 6.61 Å². The van der Waals surface area contributed by atoms with E-state index in [4.69, 9.17) is 11.6 Å². The Morgan fingerprint density at radius 2 is 1.57 bits per heavy atom. The molecule has 0 spiro atoms. The second-order valence-corrected chi connectivity index (χ2v) is 4.22. The van der Waals surface area contributed by atoms with Gasteiger partial charge in [-0.05, 0) is 18.5 Å². The van der Waals surface area contributed by atoms with Crippen LogP contribution in [0.2, 0.25) is 5.28 Å². The quantitative estimate of drug-likeness (QED) is 0.609. The zero-order valence-electron chi connectivity index (χ0n) is 10.5. The van der Waals surface area contributed by atoms with Gasteiger partial charge in [0.15, 0.2) is 6.61 Å². The first-order valence-electron chi connectivity index (χ1n) is 5.35. The van der Waals surface area contributed by atoms with Crippen LogP contribution in [0.1, 0.15) is 11.3 Å². The molecule has 0 aromatic carbocycles. The summed E-state index contributed by atoms with van der Waals surface area (Å²) < 4.78 is 80.8. The van der Waals surface area contributed by atoms with E-state index in [9.17, 15) is 26.3 Å². The minimum absolute atomic E-state index is 0.0193. The number of rotatable bonds is 5. The molecule has 1 aromatic heterocycles. The highest BCUT2D eigenvalue weighted by Crippen LogP contribution is 2.24. The monoisotopic (exact) mass is 338 g/mol. The van der Waals surface area contributed by atoms with Crippen LogP contribution in [0.5, 0.6) is 5.88 Å². The summed E-state index contributed by atoms with van der Waals surface area (Å²) in [4.78, 5) is 7.05. The Bertz CT molecular complexity index is 492. The summed E-state index contributed by atoms with van der Waals surface area (Å²) in [7, 11) is 0. The van der Waals surface area contributed by atoms with Gasteiger partial charge in [-0.15, -0.1) is 0 Å². The van der Waals surface area contributed by atoms with E-state index in [1.165, 1.54) is 6.92 Å². The van der Waals surface area contributed by atoms with Crippen molar-refractivity contribution in [3.05, 3.63) is 16.5 Å². The van der Waals surface area contributed by atoms with Gasteiger partial charge < -0.3 is 9.47 Å². The highest BCUT2D eigenvalue weighted by molar-refractivity contribution is 6.28. The van der Waals surface area contributed by atoms with E-state index in [0.717, 1.165) is 0 Å². The van der Waals surface area contributed by atoms with Crippen LogP contribution < -0.4 is 4.74 Å². The molecule has 120 valence electrons. The molecule has 11 heteroatoms. The minimum Gasteiger partial charge on any atom is -0.468 e. The van der Waals surface area contributed by atoms with Crippen LogP contribution >= 0.6 is 11.6 Å². The van der Waals surface area contributed by atoms with Gasteiger partial charge in [0.05, 0.1) is 12.3 Å². The van der Waals surface area contributed by atoms with Crippen molar-refractivity contribution in [2.75, 3.05) is 13.2 Å². The zero-order chi connectivity index (χ0) is 16.3. The van der Waals surface area contributed by atoms with Crippen molar-refractivity contribution in [2.24, 2.45) is 0 Å². The molecule has 0 amide bonds. The highest BCUT2D eigenvalue weighted by atomic mass is 35.5. The number of nitrogens with zero attached hydrogens (tertiary/aromatic N) is 2. The number of aromatic nitrogens is 2. The van der Waals surface area contributed by atoms with Crippen molar-refractivity contribution in [2.45, 2.75) is 25.9 Å².